The minimum Gasteiger partial charge on any atom is -0.369 e. The van der Waals surface area contributed by atoms with Gasteiger partial charge in [0.15, 0.2) is 0 Å². The second kappa shape index (κ2) is 5.24. The van der Waals surface area contributed by atoms with Gasteiger partial charge in [0.1, 0.15) is 11.4 Å². The molecule has 0 fully saturated rings. The lowest BCUT2D eigenvalue weighted by atomic mass is 10.1. The van der Waals surface area contributed by atoms with Gasteiger partial charge in [-0.2, -0.15) is 0 Å². The normalized spacial score (nSPS) is 12.3. The number of hydrogen-bond acceptors (Lipinski definition) is 4. The summed E-state index contributed by atoms with van der Waals surface area (Å²) in [4.78, 5) is 11.5. The Morgan fingerprint density at radius 2 is 2.00 bits per heavy atom. The maximum Gasteiger partial charge on any atom is 0.256 e. The van der Waals surface area contributed by atoms with E-state index in [0.29, 0.717) is 0 Å². The average molecular weight is 290 g/mol. The maximum atomic E-state index is 13.5. The van der Waals surface area contributed by atoms with Gasteiger partial charge in [-0.05, 0) is 32.0 Å². The topological polar surface area (TPSA) is 98.5 Å². The first kappa shape index (κ1) is 15.5. The molecule has 0 bridgehead atoms. The predicted octanol–water partition coefficient (Wildman–Crippen LogP) is 0.837. The molecule has 0 spiro atoms. The molecule has 0 aromatic heterocycles. The van der Waals surface area contributed by atoms with E-state index in [-0.39, 0.29) is 10.6 Å². The van der Waals surface area contributed by atoms with E-state index >= 15 is 0 Å². The Kier molecular flexibility index (Phi) is 4.28. The number of ether oxygens (including phenoxy) is 1. The van der Waals surface area contributed by atoms with E-state index in [1.54, 1.807) is 0 Å². The van der Waals surface area contributed by atoms with Crippen LogP contribution in [0, 0.1) is 5.82 Å². The van der Waals surface area contributed by atoms with Crippen molar-refractivity contribution in [1.82, 2.24) is 0 Å². The second-order valence-electron chi connectivity index (χ2n) is 4.36. The summed E-state index contributed by atoms with van der Waals surface area (Å²) in [5.74, 6) is -1.38. The molecule has 0 aliphatic carbocycles. The van der Waals surface area contributed by atoms with Gasteiger partial charge in [-0.1, -0.05) is 0 Å². The summed E-state index contributed by atoms with van der Waals surface area (Å²) in [7, 11) is -2.64. The maximum absolute atomic E-state index is 13.5. The zero-order chi connectivity index (χ0) is 14.8. The lowest BCUT2D eigenvalue weighted by molar-refractivity contribution is -0.133. The Balaban J connectivity index is 3.12. The molecule has 1 aromatic rings. The van der Waals surface area contributed by atoms with Crippen LogP contribution in [0.25, 0.3) is 0 Å². The number of nitrogens with one attached hydrogen (secondary N) is 1. The number of carbonyl (C=O) groups excluding carboxylic acids is 1. The summed E-state index contributed by atoms with van der Waals surface area (Å²) >= 11 is 0. The van der Waals surface area contributed by atoms with Gasteiger partial charge >= 0.3 is 0 Å². The van der Waals surface area contributed by atoms with Gasteiger partial charge in [-0.3, -0.25) is 4.79 Å². The SMILES string of the molecule is COC(C)(C)C(=O)Nc1cc(S(N)(=O)=O)ccc1F. The quantitative estimate of drug-likeness (QED) is 0.858. The van der Waals surface area contributed by atoms with Crippen LogP contribution in [0.3, 0.4) is 0 Å². The first-order valence-electron chi connectivity index (χ1n) is 5.27. The Bertz CT molecular complexity index is 599. The van der Waals surface area contributed by atoms with Gasteiger partial charge in [0.05, 0.1) is 10.6 Å². The fraction of sp³-hybridized carbons (Fsp3) is 0.364. The summed E-state index contributed by atoms with van der Waals surface area (Å²) < 4.78 is 40.8. The zero-order valence-corrected chi connectivity index (χ0v) is 11.5. The second-order valence-corrected chi connectivity index (χ2v) is 5.92. The fourth-order valence-corrected chi connectivity index (χ4v) is 1.68. The molecule has 0 aliphatic heterocycles. The van der Waals surface area contributed by atoms with Gasteiger partial charge in [0.2, 0.25) is 10.0 Å². The van der Waals surface area contributed by atoms with E-state index in [1.165, 1.54) is 21.0 Å². The summed E-state index contributed by atoms with van der Waals surface area (Å²) in [5, 5.41) is 7.19. The van der Waals surface area contributed by atoms with Crippen LogP contribution in [0.5, 0.6) is 0 Å². The molecule has 1 aromatic carbocycles. The molecule has 106 valence electrons. The van der Waals surface area contributed by atoms with E-state index in [2.05, 4.69) is 5.32 Å². The minimum absolute atomic E-state index is 0.276. The van der Waals surface area contributed by atoms with Crippen LogP contribution in [0.15, 0.2) is 23.1 Å². The number of amides is 1. The van der Waals surface area contributed by atoms with Gasteiger partial charge in [-0.15, -0.1) is 0 Å². The first-order valence-corrected chi connectivity index (χ1v) is 6.81. The molecular weight excluding hydrogens is 275 g/mol. The van der Waals surface area contributed by atoms with Crippen molar-refractivity contribution in [2.45, 2.75) is 24.3 Å². The highest BCUT2D eigenvalue weighted by molar-refractivity contribution is 7.89. The average Bonchev–Trinajstić information content (AvgIpc) is 2.30. The van der Waals surface area contributed by atoms with Crippen molar-refractivity contribution >= 4 is 21.6 Å². The molecule has 3 N–H and O–H groups in total. The summed E-state index contributed by atoms with van der Waals surface area (Å²) in [6.45, 7) is 2.98. The van der Waals surface area contributed by atoms with Crippen molar-refractivity contribution in [1.29, 1.82) is 0 Å². The van der Waals surface area contributed by atoms with Crippen LogP contribution in [0.1, 0.15) is 13.8 Å². The van der Waals surface area contributed by atoms with Crippen molar-refractivity contribution in [3.63, 3.8) is 0 Å². The largest absolute Gasteiger partial charge is 0.369 e. The Morgan fingerprint density at radius 3 is 2.47 bits per heavy atom. The molecule has 0 saturated carbocycles. The molecule has 19 heavy (non-hydrogen) atoms. The Hall–Kier alpha value is -1.51. The molecule has 0 aliphatic rings. The van der Waals surface area contributed by atoms with Crippen molar-refractivity contribution in [2.24, 2.45) is 5.14 Å². The highest BCUT2D eigenvalue weighted by atomic mass is 32.2. The van der Waals surface area contributed by atoms with Crippen molar-refractivity contribution in [2.75, 3.05) is 12.4 Å². The Morgan fingerprint density at radius 1 is 1.42 bits per heavy atom. The van der Waals surface area contributed by atoms with Crippen LogP contribution in [-0.2, 0) is 19.6 Å². The van der Waals surface area contributed by atoms with Gasteiger partial charge in [-0.25, -0.2) is 17.9 Å². The molecule has 8 heteroatoms. The molecule has 1 amide bonds. The highest BCUT2D eigenvalue weighted by Crippen LogP contribution is 2.20. The monoisotopic (exact) mass is 290 g/mol. The number of halogens is 1. The van der Waals surface area contributed by atoms with Crippen molar-refractivity contribution in [3.05, 3.63) is 24.0 Å². The van der Waals surface area contributed by atoms with E-state index in [1.807, 2.05) is 0 Å². The molecule has 0 atom stereocenters. The molecular formula is C11H15FN2O4S. The molecule has 0 unspecified atom stereocenters. The Labute approximate surface area is 110 Å². The predicted molar refractivity (Wildman–Crippen MR) is 67.5 cm³/mol. The molecule has 6 nitrogen and oxygen atoms in total. The first-order chi connectivity index (χ1) is 8.58. The lowest BCUT2D eigenvalue weighted by Crippen LogP contribution is -2.39. The molecule has 1 rings (SSSR count). The third-order valence-electron chi connectivity index (χ3n) is 2.57. The number of benzene rings is 1. The van der Waals surface area contributed by atoms with Gasteiger partial charge in [0.25, 0.3) is 5.91 Å². The van der Waals surface area contributed by atoms with E-state index < -0.39 is 27.3 Å². The molecule has 0 heterocycles. The summed E-state index contributed by atoms with van der Waals surface area (Å²) in [5.41, 5.74) is -1.45. The third-order valence-corrected chi connectivity index (χ3v) is 3.48. The van der Waals surface area contributed by atoms with Crippen LogP contribution >= 0.6 is 0 Å². The van der Waals surface area contributed by atoms with Gasteiger partial charge < -0.3 is 10.1 Å². The number of carbonyl (C=O) groups is 1. The molecule has 0 saturated heterocycles. The fourth-order valence-electron chi connectivity index (χ4n) is 1.14. The lowest BCUT2D eigenvalue weighted by Gasteiger charge is -2.21. The number of nitrogens with two attached hydrogens (primary N) is 1. The van der Waals surface area contributed by atoms with Crippen LogP contribution in [0.2, 0.25) is 0 Å². The smallest absolute Gasteiger partial charge is 0.256 e. The highest BCUT2D eigenvalue weighted by Gasteiger charge is 2.28. The number of primary sulfonamides is 1. The van der Waals surface area contributed by atoms with Crippen molar-refractivity contribution < 1.29 is 22.3 Å². The standard InChI is InChI=1S/C11H15FN2O4S/c1-11(2,18-3)10(15)14-9-6-7(19(13,16)17)4-5-8(9)12/h4-6H,1-3H3,(H,14,15)(H2,13,16,17). The summed E-state index contributed by atoms with van der Waals surface area (Å²) in [6, 6.07) is 2.88. The third kappa shape index (κ3) is 3.72. The van der Waals surface area contributed by atoms with Crippen LogP contribution < -0.4 is 10.5 Å². The number of rotatable bonds is 4. The zero-order valence-electron chi connectivity index (χ0n) is 10.7. The van der Waals surface area contributed by atoms with Gasteiger partial charge in [0, 0.05) is 7.11 Å². The number of sulfonamides is 1. The van der Waals surface area contributed by atoms with Crippen LogP contribution in [-0.4, -0.2) is 27.0 Å². The van der Waals surface area contributed by atoms with E-state index in [0.717, 1.165) is 18.2 Å². The molecule has 0 radical (unpaired) electrons. The van der Waals surface area contributed by atoms with Crippen molar-refractivity contribution in [3.8, 4) is 0 Å². The number of methoxy groups -OCH3 is 1. The van der Waals surface area contributed by atoms with E-state index in [4.69, 9.17) is 9.88 Å². The van der Waals surface area contributed by atoms with Crippen LogP contribution in [0.4, 0.5) is 10.1 Å². The number of anilines is 1. The minimum atomic E-state index is -3.97. The number of hydrogen-bond donors (Lipinski definition) is 2. The van der Waals surface area contributed by atoms with E-state index in [9.17, 15) is 17.6 Å². The summed E-state index contributed by atoms with van der Waals surface area (Å²) in [6.07, 6.45) is 0.